The molecule has 0 fully saturated rings. The summed E-state index contributed by atoms with van der Waals surface area (Å²) in [6.45, 7) is 5.02. The largest absolute Gasteiger partial charge is 0.493 e. The van der Waals surface area contributed by atoms with Gasteiger partial charge in [0.15, 0.2) is 23.0 Å². The molecule has 1 N–H and O–H groups in total. The van der Waals surface area contributed by atoms with Gasteiger partial charge in [0.1, 0.15) is 13.2 Å². The molecule has 0 saturated heterocycles. The molecule has 0 atom stereocenters. The maximum Gasteiger partial charge on any atom is 0.179 e. The van der Waals surface area contributed by atoms with Crippen LogP contribution in [0.4, 0.5) is 0 Å². The third-order valence-electron chi connectivity index (χ3n) is 3.84. The average molecular weight is 364 g/mol. The number of rotatable bonds is 7. The molecule has 0 radical (unpaired) electrons. The molecule has 0 aliphatic carbocycles. The van der Waals surface area contributed by atoms with E-state index in [0.29, 0.717) is 49.4 Å². The minimum absolute atomic E-state index is 0.539. The second-order valence-electron chi connectivity index (χ2n) is 5.62. The summed E-state index contributed by atoms with van der Waals surface area (Å²) in [6, 6.07) is 9.82. The van der Waals surface area contributed by atoms with Crippen molar-refractivity contribution in [3.63, 3.8) is 0 Å². The fourth-order valence-corrected chi connectivity index (χ4v) is 3.00. The van der Waals surface area contributed by atoms with Crippen LogP contribution in [-0.2, 0) is 13.1 Å². The molecule has 1 aliphatic heterocycles. The van der Waals surface area contributed by atoms with Gasteiger partial charge in [-0.05, 0) is 42.3 Å². The normalized spacial score (nSPS) is 12.8. The maximum atomic E-state index is 6.30. The van der Waals surface area contributed by atoms with Crippen LogP contribution in [0.5, 0.6) is 23.0 Å². The van der Waals surface area contributed by atoms with Crippen molar-refractivity contribution < 1.29 is 18.9 Å². The first-order chi connectivity index (χ1) is 12.2. The predicted octanol–water partition coefficient (Wildman–Crippen LogP) is 3.81. The number of fused-ring (bicyclic) bond motifs is 1. The quantitative estimate of drug-likeness (QED) is 0.810. The Labute approximate surface area is 152 Å². The Kier molecular flexibility index (Phi) is 5.89. The van der Waals surface area contributed by atoms with E-state index in [1.807, 2.05) is 37.3 Å². The van der Waals surface area contributed by atoms with Crippen molar-refractivity contribution in [3.8, 4) is 23.0 Å². The van der Waals surface area contributed by atoms with Crippen molar-refractivity contribution in [2.24, 2.45) is 0 Å². The van der Waals surface area contributed by atoms with Crippen molar-refractivity contribution in [2.75, 3.05) is 26.9 Å². The Balaban J connectivity index is 1.63. The van der Waals surface area contributed by atoms with Crippen LogP contribution in [0.25, 0.3) is 0 Å². The maximum absolute atomic E-state index is 6.30. The van der Waals surface area contributed by atoms with Crippen molar-refractivity contribution in [2.45, 2.75) is 20.0 Å². The summed E-state index contributed by atoms with van der Waals surface area (Å²) >= 11 is 6.30. The van der Waals surface area contributed by atoms with Crippen LogP contribution in [-0.4, -0.2) is 26.9 Å². The highest BCUT2D eigenvalue weighted by Gasteiger charge is 2.13. The van der Waals surface area contributed by atoms with Gasteiger partial charge in [0.05, 0.1) is 18.7 Å². The van der Waals surface area contributed by atoms with E-state index in [4.69, 9.17) is 30.5 Å². The first-order valence-electron chi connectivity index (χ1n) is 8.29. The van der Waals surface area contributed by atoms with Crippen LogP contribution in [0.2, 0.25) is 5.02 Å². The van der Waals surface area contributed by atoms with E-state index in [1.54, 1.807) is 7.11 Å². The highest BCUT2D eigenvalue weighted by atomic mass is 35.5. The van der Waals surface area contributed by atoms with E-state index in [1.165, 1.54) is 0 Å². The van der Waals surface area contributed by atoms with Crippen molar-refractivity contribution >= 4 is 11.6 Å². The number of benzene rings is 2. The van der Waals surface area contributed by atoms with E-state index < -0.39 is 0 Å². The highest BCUT2D eigenvalue weighted by Crippen LogP contribution is 2.36. The number of ether oxygens (including phenoxy) is 4. The molecule has 2 aromatic rings. The summed E-state index contributed by atoms with van der Waals surface area (Å²) in [6.07, 6.45) is 0. The fraction of sp³-hybridized carbons (Fsp3) is 0.368. The highest BCUT2D eigenvalue weighted by molar-refractivity contribution is 6.32. The van der Waals surface area contributed by atoms with Gasteiger partial charge in [-0.25, -0.2) is 0 Å². The summed E-state index contributed by atoms with van der Waals surface area (Å²) in [5.41, 5.74) is 2.16. The van der Waals surface area contributed by atoms with E-state index >= 15 is 0 Å². The lowest BCUT2D eigenvalue weighted by atomic mass is 10.1. The number of methoxy groups -OCH3 is 1. The summed E-state index contributed by atoms with van der Waals surface area (Å²) in [4.78, 5) is 0. The average Bonchev–Trinajstić information content (AvgIpc) is 2.63. The fourth-order valence-electron chi connectivity index (χ4n) is 2.71. The summed E-state index contributed by atoms with van der Waals surface area (Å²) in [7, 11) is 1.61. The van der Waals surface area contributed by atoms with E-state index in [0.717, 1.165) is 22.6 Å². The molecule has 2 aromatic carbocycles. The Morgan fingerprint density at radius 2 is 1.80 bits per heavy atom. The molecular weight excluding hydrogens is 342 g/mol. The summed E-state index contributed by atoms with van der Waals surface area (Å²) < 4.78 is 22.1. The van der Waals surface area contributed by atoms with Gasteiger partial charge in [0, 0.05) is 13.1 Å². The summed E-state index contributed by atoms with van der Waals surface area (Å²) in [5.74, 6) is 2.84. The summed E-state index contributed by atoms with van der Waals surface area (Å²) in [5, 5.41) is 3.96. The monoisotopic (exact) mass is 363 g/mol. The van der Waals surface area contributed by atoms with Gasteiger partial charge in [-0.3, -0.25) is 0 Å². The van der Waals surface area contributed by atoms with Gasteiger partial charge in [-0.15, -0.1) is 0 Å². The van der Waals surface area contributed by atoms with Crippen molar-refractivity contribution in [1.29, 1.82) is 0 Å². The van der Waals surface area contributed by atoms with Crippen molar-refractivity contribution in [3.05, 3.63) is 46.5 Å². The van der Waals surface area contributed by atoms with Gasteiger partial charge >= 0.3 is 0 Å². The molecule has 0 amide bonds. The lowest BCUT2D eigenvalue weighted by Crippen LogP contribution is -2.16. The molecule has 5 nitrogen and oxygen atoms in total. The minimum atomic E-state index is 0.539. The van der Waals surface area contributed by atoms with Crippen molar-refractivity contribution in [1.82, 2.24) is 5.32 Å². The minimum Gasteiger partial charge on any atom is -0.493 e. The molecule has 1 heterocycles. The zero-order valence-corrected chi connectivity index (χ0v) is 15.2. The number of halogens is 1. The molecule has 1 aliphatic rings. The standard InChI is InChI=1S/C19H22ClNO4/c1-3-23-19-15(20)8-14(10-18(19)22-2)12-21-11-13-4-5-16-17(9-13)25-7-6-24-16/h4-5,8-10,21H,3,6-7,11-12H2,1-2H3. The molecule has 25 heavy (non-hydrogen) atoms. The van der Waals surface area contributed by atoms with E-state index in [2.05, 4.69) is 5.32 Å². The molecule has 3 rings (SSSR count). The molecule has 134 valence electrons. The molecule has 0 bridgehead atoms. The molecular formula is C19H22ClNO4. The van der Waals surface area contributed by atoms with Crippen LogP contribution >= 0.6 is 11.6 Å². The second kappa shape index (κ2) is 8.32. The zero-order chi connectivity index (χ0) is 17.6. The second-order valence-corrected chi connectivity index (χ2v) is 6.03. The SMILES string of the molecule is CCOc1c(Cl)cc(CNCc2ccc3c(c2)OCCO3)cc1OC. The van der Waals surface area contributed by atoms with Crippen LogP contribution in [0.3, 0.4) is 0 Å². The number of nitrogens with one attached hydrogen (secondary N) is 1. The molecule has 0 saturated carbocycles. The Hall–Kier alpha value is -2.11. The van der Waals surface area contributed by atoms with Crippen LogP contribution in [0.1, 0.15) is 18.1 Å². The van der Waals surface area contributed by atoms with Gasteiger partial charge < -0.3 is 24.3 Å². The molecule has 0 spiro atoms. The Morgan fingerprint density at radius 3 is 2.56 bits per heavy atom. The zero-order valence-electron chi connectivity index (χ0n) is 14.4. The topological polar surface area (TPSA) is 49.0 Å². The third kappa shape index (κ3) is 4.30. The molecule has 0 unspecified atom stereocenters. The number of hydrogen-bond donors (Lipinski definition) is 1. The first-order valence-corrected chi connectivity index (χ1v) is 8.67. The van der Waals surface area contributed by atoms with Gasteiger partial charge in [-0.1, -0.05) is 17.7 Å². The van der Waals surface area contributed by atoms with Crippen LogP contribution in [0.15, 0.2) is 30.3 Å². The number of hydrogen-bond acceptors (Lipinski definition) is 5. The first kappa shape index (κ1) is 17.7. The van der Waals surface area contributed by atoms with Gasteiger partial charge in [0.2, 0.25) is 0 Å². The van der Waals surface area contributed by atoms with Crippen LogP contribution < -0.4 is 24.3 Å². The lowest BCUT2D eigenvalue weighted by Gasteiger charge is -2.19. The van der Waals surface area contributed by atoms with Crippen LogP contribution in [0, 0.1) is 0 Å². The smallest absolute Gasteiger partial charge is 0.179 e. The molecule has 0 aromatic heterocycles. The van der Waals surface area contributed by atoms with E-state index in [9.17, 15) is 0 Å². The predicted molar refractivity (Wildman–Crippen MR) is 97.1 cm³/mol. The van der Waals surface area contributed by atoms with E-state index in [-0.39, 0.29) is 0 Å². The van der Waals surface area contributed by atoms with Gasteiger partial charge in [0.25, 0.3) is 0 Å². The van der Waals surface area contributed by atoms with Gasteiger partial charge in [-0.2, -0.15) is 0 Å². The molecule has 6 heteroatoms. The Bertz CT molecular complexity index is 736. The third-order valence-corrected chi connectivity index (χ3v) is 4.12. The lowest BCUT2D eigenvalue weighted by molar-refractivity contribution is 0.171. The Morgan fingerprint density at radius 1 is 1.04 bits per heavy atom.